The van der Waals surface area contributed by atoms with Crippen LogP contribution in [0.4, 0.5) is 5.69 Å². The predicted molar refractivity (Wildman–Crippen MR) is 88.0 cm³/mol. The molecule has 0 saturated heterocycles. The first-order valence-corrected chi connectivity index (χ1v) is 7.40. The van der Waals surface area contributed by atoms with E-state index in [1.54, 1.807) is 24.3 Å². The summed E-state index contributed by atoms with van der Waals surface area (Å²) in [6.45, 7) is 1.82. The van der Waals surface area contributed by atoms with Crippen molar-refractivity contribution < 1.29 is 14.0 Å². The van der Waals surface area contributed by atoms with Gasteiger partial charge in [0.15, 0.2) is 4.67 Å². The lowest BCUT2D eigenvalue weighted by molar-refractivity contribution is -0.116. The highest BCUT2D eigenvalue weighted by atomic mass is 79.9. The second kappa shape index (κ2) is 7.61. The highest BCUT2D eigenvalue weighted by Crippen LogP contribution is 2.15. The van der Waals surface area contributed by atoms with Crippen LogP contribution in [0.5, 0.6) is 0 Å². The first-order valence-electron chi connectivity index (χ1n) is 6.61. The molecule has 2 amide bonds. The monoisotopic (exact) mass is 362 g/mol. The minimum atomic E-state index is -0.225. The highest BCUT2D eigenvalue weighted by molar-refractivity contribution is 9.10. The smallest absolute Gasteiger partial charge is 0.244 e. The Hall–Kier alpha value is -2.34. The topological polar surface area (TPSA) is 71.3 Å². The van der Waals surface area contributed by atoms with Gasteiger partial charge in [0.2, 0.25) is 11.8 Å². The zero-order valence-electron chi connectivity index (χ0n) is 11.9. The summed E-state index contributed by atoms with van der Waals surface area (Å²) in [4.78, 5) is 22.7. The maximum atomic E-state index is 11.7. The molecule has 0 radical (unpaired) electrons. The van der Waals surface area contributed by atoms with Gasteiger partial charge in [-0.15, -0.1) is 0 Å². The van der Waals surface area contributed by atoms with Crippen molar-refractivity contribution >= 4 is 39.5 Å². The molecule has 0 atom stereocenters. The number of rotatable bonds is 5. The third-order valence-corrected chi connectivity index (χ3v) is 3.13. The van der Waals surface area contributed by atoms with Crippen LogP contribution in [0.15, 0.2) is 51.6 Å². The van der Waals surface area contributed by atoms with E-state index < -0.39 is 0 Å². The lowest BCUT2D eigenvalue weighted by Gasteiger charge is -2.06. The molecule has 1 aromatic carbocycles. The van der Waals surface area contributed by atoms with Crippen LogP contribution in [-0.4, -0.2) is 11.8 Å². The molecule has 0 bridgehead atoms. The molecule has 114 valence electrons. The zero-order chi connectivity index (χ0) is 15.9. The van der Waals surface area contributed by atoms with Crippen LogP contribution in [0, 0.1) is 0 Å². The maximum Gasteiger partial charge on any atom is 0.244 e. The number of carbonyl (C=O) groups is 2. The summed E-state index contributed by atoms with van der Waals surface area (Å²) >= 11 is 3.19. The van der Waals surface area contributed by atoms with E-state index in [0.29, 0.717) is 22.7 Å². The first kappa shape index (κ1) is 16.0. The van der Waals surface area contributed by atoms with Gasteiger partial charge < -0.3 is 15.1 Å². The molecule has 22 heavy (non-hydrogen) atoms. The van der Waals surface area contributed by atoms with E-state index in [2.05, 4.69) is 26.6 Å². The molecule has 0 saturated carbocycles. The summed E-state index contributed by atoms with van der Waals surface area (Å²) in [5, 5.41) is 5.46. The minimum absolute atomic E-state index is 0.131. The Morgan fingerprint density at radius 3 is 2.77 bits per heavy atom. The van der Waals surface area contributed by atoms with E-state index in [1.165, 1.54) is 13.0 Å². The molecule has 5 nitrogen and oxygen atoms in total. The van der Waals surface area contributed by atoms with Gasteiger partial charge in [-0.05, 0) is 51.8 Å². The van der Waals surface area contributed by atoms with Crippen LogP contribution in [0.25, 0.3) is 6.08 Å². The van der Waals surface area contributed by atoms with Crippen LogP contribution in [0.2, 0.25) is 0 Å². The Balaban J connectivity index is 1.88. The van der Waals surface area contributed by atoms with Gasteiger partial charge in [0, 0.05) is 25.2 Å². The Morgan fingerprint density at radius 1 is 1.27 bits per heavy atom. The van der Waals surface area contributed by atoms with Gasteiger partial charge in [-0.3, -0.25) is 9.59 Å². The molecule has 6 heteroatoms. The van der Waals surface area contributed by atoms with Crippen LogP contribution in [0.1, 0.15) is 18.2 Å². The summed E-state index contributed by atoms with van der Waals surface area (Å²) in [5.74, 6) is 0.237. The second-order valence-electron chi connectivity index (χ2n) is 4.57. The number of benzene rings is 1. The van der Waals surface area contributed by atoms with E-state index in [4.69, 9.17) is 4.42 Å². The molecule has 2 N–H and O–H groups in total. The number of carbonyl (C=O) groups excluding carboxylic acids is 2. The number of nitrogens with one attached hydrogen (secondary N) is 2. The molecule has 2 aromatic rings. The van der Waals surface area contributed by atoms with Gasteiger partial charge in [0.1, 0.15) is 5.76 Å². The van der Waals surface area contributed by atoms with Crippen LogP contribution >= 0.6 is 15.9 Å². The Bertz CT molecular complexity index is 707. The molecule has 1 heterocycles. The number of anilines is 1. The fourth-order valence-corrected chi connectivity index (χ4v) is 2.11. The third-order valence-electron chi connectivity index (χ3n) is 2.71. The molecule has 0 aliphatic rings. The number of hydrogen-bond acceptors (Lipinski definition) is 3. The van der Waals surface area contributed by atoms with Crippen LogP contribution in [0.3, 0.4) is 0 Å². The van der Waals surface area contributed by atoms with E-state index in [-0.39, 0.29) is 11.8 Å². The highest BCUT2D eigenvalue weighted by Gasteiger charge is 2.01. The fraction of sp³-hybridized carbons (Fsp3) is 0.125. The third kappa shape index (κ3) is 5.21. The van der Waals surface area contributed by atoms with Crippen molar-refractivity contribution in [3.05, 3.63) is 58.5 Å². The van der Waals surface area contributed by atoms with Gasteiger partial charge in [-0.2, -0.15) is 0 Å². The molecular weight excluding hydrogens is 348 g/mol. The van der Waals surface area contributed by atoms with Gasteiger partial charge in [-0.1, -0.05) is 12.1 Å². The van der Waals surface area contributed by atoms with Crippen molar-refractivity contribution in [3.63, 3.8) is 0 Å². The fourth-order valence-electron chi connectivity index (χ4n) is 1.79. The average Bonchev–Trinajstić information content (AvgIpc) is 2.88. The van der Waals surface area contributed by atoms with E-state index in [0.717, 1.165) is 5.56 Å². The van der Waals surface area contributed by atoms with E-state index in [9.17, 15) is 9.59 Å². The largest absolute Gasteiger partial charge is 0.450 e. The standard InChI is InChI=1S/C16H15BrN2O3/c1-11(20)19-13-4-2-3-12(9-13)10-18-16(21)8-6-14-5-7-15(17)22-14/h2-9H,10H2,1H3,(H,18,21)(H,19,20)/b8-6+. The van der Waals surface area contributed by atoms with Crippen molar-refractivity contribution in [1.82, 2.24) is 5.32 Å². The zero-order valence-corrected chi connectivity index (χ0v) is 13.5. The lowest BCUT2D eigenvalue weighted by atomic mass is 10.2. The summed E-state index contributed by atoms with van der Waals surface area (Å²) in [5.41, 5.74) is 1.60. The molecule has 0 aliphatic heterocycles. The maximum absolute atomic E-state index is 11.7. The normalized spacial score (nSPS) is 10.6. The van der Waals surface area contributed by atoms with Crippen LogP contribution < -0.4 is 10.6 Å². The molecule has 2 rings (SSSR count). The molecular formula is C16H15BrN2O3. The number of furan rings is 1. The van der Waals surface area contributed by atoms with E-state index in [1.807, 2.05) is 18.2 Å². The number of halogens is 1. The average molecular weight is 363 g/mol. The Kier molecular flexibility index (Phi) is 5.55. The van der Waals surface area contributed by atoms with Gasteiger partial charge in [-0.25, -0.2) is 0 Å². The number of hydrogen-bond donors (Lipinski definition) is 2. The predicted octanol–water partition coefficient (Wildman–Crippen LogP) is 3.33. The van der Waals surface area contributed by atoms with Gasteiger partial charge >= 0.3 is 0 Å². The molecule has 0 spiro atoms. The van der Waals surface area contributed by atoms with Crippen molar-refractivity contribution in [2.24, 2.45) is 0 Å². The summed E-state index contributed by atoms with van der Waals surface area (Å²) in [6.07, 6.45) is 3.00. The lowest BCUT2D eigenvalue weighted by Crippen LogP contribution is -2.20. The van der Waals surface area contributed by atoms with Crippen molar-refractivity contribution in [2.75, 3.05) is 5.32 Å². The summed E-state index contributed by atoms with van der Waals surface area (Å²) in [6, 6.07) is 10.8. The van der Waals surface area contributed by atoms with Crippen LogP contribution in [-0.2, 0) is 16.1 Å². The molecule has 0 fully saturated rings. The number of amides is 2. The minimum Gasteiger partial charge on any atom is -0.450 e. The van der Waals surface area contributed by atoms with Crippen molar-refractivity contribution in [2.45, 2.75) is 13.5 Å². The quantitative estimate of drug-likeness (QED) is 0.801. The summed E-state index contributed by atoms with van der Waals surface area (Å²) < 4.78 is 5.87. The van der Waals surface area contributed by atoms with Gasteiger partial charge in [0.25, 0.3) is 0 Å². The first-order chi connectivity index (χ1) is 10.5. The van der Waals surface area contributed by atoms with Crippen molar-refractivity contribution in [3.8, 4) is 0 Å². The summed E-state index contributed by atoms with van der Waals surface area (Å²) in [7, 11) is 0. The van der Waals surface area contributed by atoms with Gasteiger partial charge in [0.05, 0.1) is 0 Å². The molecule has 0 unspecified atom stereocenters. The van der Waals surface area contributed by atoms with Crippen molar-refractivity contribution in [1.29, 1.82) is 0 Å². The molecule has 1 aromatic heterocycles. The van der Waals surface area contributed by atoms with E-state index >= 15 is 0 Å². The Labute approximate surface area is 136 Å². The SMILES string of the molecule is CC(=O)Nc1cccc(CNC(=O)/C=C/c2ccc(Br)o2)c1. The Morgan fingerprint density at radius 2 is 2.09 bits per heavy atom. The second-order valence-corrected chi connectivity index (χ2v) is 5.36. The molecule has 0 aliphatic carbocycles.